The average Bonchev–Trinajstić information content (AvgIpc) is 1.25. The van der Waals surface area contributed by atoms with Gasteiger partial charge in [-0.25, -0.2) is 0 Å². The van der Waals surface area contributed by atoms with E-state index in [9.17, 15) is 0 Å². The maximum absolute atomic E-state index is 8.74. The monoisotopic (exact) mass is 172 g/mol. The van der Waals surface area contributed by atoms with Gasteiger partial charge in [0, 0.05) is 0 Å². The fourth-order valence-corrected chi connectivity index (χ4v) is 0. The van der Waals surface area contributed by atoms with Crippen LogP contribution in [0.4, 0.5) is 0 Å². The van der Waals surface area contributed by atoms with Crippen molar-refractivity contribution in [3.63, 3.8) is 0 Å². The summed E-state index contributed by atoms with van der Waals surface area (Å²) in [6.07, 6.45) is 0. The van der Waals surface area contributed by atoms with E-state index in [4.69, 9.17) is 28.1 Å². The minimum atomic E-state index is -3.13. The van der Waals surface area contributed by atoms with Crippen LogP contribution < -0.4 is 0 Å². The van der Waals surface area contributed by atoms with Crippen molar-refractivity contribution in [2.75, 3.05) is 0 Å². The fraction of sp³-hybridized carbons (Fsp3) is 0. The van der Waals surface area contributed by atoms with Crippen molar-refractivity contribution in [1.82, 2.24) is 0 Å². The normalized spacial score (nSPS) is 4.80. The zero-order valence-electron chi connectivity index (χ0n) is 3.61. The van der Waals surface area contributed by atoms with Gasteiger partial charge in [0.05, 0.1) is 0 Å². The zero-order chi connectivity index (χ0) is 7.15. The maximum atomic E-state index is 8.74. The quantitative estimate of drug-likeness (QED) is 0.274. The van der Waals surface area contributed by atoms with Gasteiger partial charge in [0.1, 0.15) is 0 Å². The molecule has 0 aromatic rings. The number of rotatable bonds is 0. The third-order valence-electron chi connectivity index (χ3n) is 0. The molecule has 0 bridgehead atoms. The van der Waals surface area contributed by atoms with Crippen LogP contribution in [-0.2, 0) is 8.92 Å². The molecule has 0 radical (unpaired) electrons. The molecule has 0 saturated carbocycles. The molecule has 10 heteroatoms. The van der Waals surface area contributed by atoms with E-state index in [-0.39, 0.29) is 37.7 Å². The van der Waals surface area contributed by atoms with Crippen molar-refractivity contribution in [1.29, 1.82) is 0 Å². The third kappa shape index (κ3) is 2530. The van der Waals surface area contributed by atoms with Crippen LogP contribution in [0.5, 0.6) is 0 Å². The van der Waals surface area contributed by atoms with Gasteiger partial charge >= 0.3 is 56.1 Å². The summed E-state index contributed by atoms with van der Waals surface area (Å²) in [5, 5.41) is 0. The van der Waals surface area contributed by atoms with E-state index in [2.05, 4.69) is 0 Å². The van der Waals surface area contributed by atoms with E-state index in [1.54, 1.807) is 0 Å². The van der Waals surface area contributed by atoms with Crippen LogP contribution in [0.3, 0.4) is 0 Å². The molecule has 52 valence electrons. The summed E-state index contributed by atoms with van der Waals surface area (Å²) in [5.74, 6) is 0. The first kappa shape index (κ1) is 22.4. The molecule has 6 nitrogen and oxygen atoms in total. The SMILES string of the molecule is O=[Si](O)O.O=[Si](O)O.[LiH].[LiH]. The molecular weight excluding hydrogens is 166 g/mol. The van der Waals surface area contributed by atoms with Crippen molar-refractivity contribution in [3.05, 3.63) is 0 Å². The average molecular weight is 172 g/mol. The van der Waals surface area contributed by atoms with E-state index >= 15 is 0 Å². The van der Waals surface area contributed by atoms with E-state index in [1.807, 2.05) is 0 Å². The number of hydrogen-bond acceptors (Lipinski definition) is 2. The molecule has 10 heavy (non-hydrogen) atoms. The first-order chi connectivity index (χ1) is 3.46. The Labute approximate surface area is 84.1 Å². The molecule has 0 aromatic carbocycles. The van der Waals surface area contributed by atoms with Gasteiger partial charge in [0.25, 0.3) is 0 Å². The Morgan fingerprint density at radius 3 is 0.700 bits per heavy atom. The molecule has 0 aliphatic heterocycles. The van der Waals surface area contributed by atoms with Crippen LogP contribution in [0.2, 0.25) is 0 Å². The summed E-state index contributed by atoms with van der Waals surface area (Å²) in [5.41, 5.74) is 0. The van der Waals surface area contributed by atoms with Crippen molar-refractivity contribution in [2.24, 2.45) is 0 Å². The van der Waals surface area contributed by atoms with Crippen LogP contribution in [0.15, 0.2) is 0 Å². The van der Waals surface area contributed by atoms with Gasteiger partial charge < -0.3 is 19.2 Å². The molecule has 0 aliphatic rings. The zero-order valence-corrected chi connectivity index (χ0v) is 5.61. The topological polar surface area (TPSA) is 115 Å². The second-order valence-electron chi connectivity index (χ2n) is 0.565. The van der Waals surface area contributed by atoms with Gasteiger partial charge in [0.2, 0.25) is 0 Å². The van der Waals surface area contributed by atoms with E-state index in [0.717, 1.165) is 0 Å². The molecule has 0 rings (SSSR count). The predicted octanol–water partition coefficient (Wildman–Crippen LogP) is -4.52. The predicted molar refractivity (Wildman–Crippen MR) is 36.1 cm³/mol. The van der Waals surface area contributed by atoms with E-state index < -0.39 is 18.3 Å². The van der Waals surface area contributed by atoms with Gasteiger partial charge in [-0.15, -0.1) is 0 Å². The number of hydrogen-bond donors (Lipinski definition) is 4. The molecule has 0 heterocycles. The Bertz CT molecular complexity index is 71.7. The van der Waals surface area contributed by atoms with Crippen LogP contribution in [0.1, 0.15) is 0 Å². The molecule has 4 N–H and O–H groups in total. The first-order valence-electron chi connectivity index (χ1n) is 1.30. The van der Waals surface area contributed by atoms with Crippen LogP contribution in [0, 0.1) is 0 Å². The van der Waals surface area contributed by atoms with Crippen LogP contribution in [0.25, 0.3) is 0 Å². The van der Waals surface area contributed by atoms with Crippen molar-refractivity contribution in [3.8, 4) is 0 Å². The van der Waals surface area contributed by atoms with Gasteiger partial charge in [-0.05, 0) is 0 Å². The molecule has 0 aliphatic carbocycles. The van der Waals surface area contributed by atoms with Gasteiger partial charge in [-0.3, -0.25) is 8.92 Å². The summed E-state index contributed by atoms with van der Waals surface area (Å²) >= 11 is 0. The molecule has 0 unspecified atom stereocenters. The van der Waals surface area contributed by atoms with Crippen LogP contribution >= 0.6 is 0 Å². The first-order valence-corrected chi connectivity index (χ1v) is 3.91. The summed E-state index contributed by atoms with van der Waals surface area (Å²) in [7, 11) is -6.26. The van der Waals surface area contributed by atoms with Crippen LogP contribution in [-0.4, -0.2) is 75.2 Å². The van der Waals surface area contributed by atoms with Crippen molar-refractivity contribution < 1.29 is 28.1 Å². The standard InChI is InChI=1S/2Li.2H2O3Si.2H/c;;2*1-4(2)3;;/h;;2*1-2H;;. The molecule has 0 atom stereocenters. The van der Waals surface area contributed by atoms with Crippen molar-refractivity contribution in [2.45, 2.75) is 0 Å². The summed E-state index contributed by atoms with van der Waals surface area (Å²) in [6.45, 7) is 0. The summed E-state index contributed by atoms with van der Waals surface area (Å²) in [4.78, 5) is 28.6. The minimum absolute atomic E-state index is 0. The fourth-order valence-electron chi connectivity index (χ4n) is 0. The molecule has 0 saturated heterocycles. The molecular formula is H6Li2O6Si2. The Balaban J connectivity index is -0.0000000300. The Morgan fingerprint density at radius 1 is 0.700 bits per heavy atom. The second kappa shape index (κ2) is 16.2. The molecule has 0 amide bonds. The summed E-state index contributed by atoms with van der Waals surface area (Å²) < 4.78 is 17.5. The van der Waals surface area contributed by atoms with Gasteiger partial charge in [-0.2, -0.15) is 0 Å². The molecule has 0 spiro atoms. The van der Waals surface area contributed by atoms with E-state index in [0.29, 0.717) is 0 Å². The Morgan fingerprint density at radius 2 is 0.700 bits per heavy atom. The Kier molecular flexibility index (Phi) is 36.4. The van der Waals surface area contributed by atoms with E-state index in [1.165, 1.54) is 0 Å². The molecule has 0 fully saturated rings. The third-order valence-corrected chi connectivity index (χ3v) is 0. The van der Waals surface area contributed by atoms with Gasteiger partial charge in [0.15, 0.2) is 0 Å². The Hall–Kier alpha value is 0.429. The van der Waals surface area contributed by atoms with Gasteiger partial charge in [-0.1, -0.05) is 0 Å². The summed E-state index contributed by atoms with van der Waals surface area (Å²) in [6, 6.07) is 0. The molecule has 0 aromatic heterocycles. The van der Waals surface area contributed by atoms with Crippen molar-refractivity contribution >= 4 is 56.1 Å². The second-order valence-corrected chi connectivity index (χ2v) is 1.70.